The highest BCUT2D eigenvalue weighted by Gasteiger charge is 2.48. The Bertz CT molecular complexity index is 1610. The van der Waals surface area contributed by atoms with Crippen LogP contribution in [0.2, 0.25) is 5.02 Å². The van der Waals surface area contributed by atoms with Crippen molar-refractivity contribution in [2.45, 2.75) is 25.4 Å². The van der Waals surface area contributed by atoms with Crippen LogP contribution in [0.5, 0.6) is 6.01 Å². The maximum Gasteiger partial charge on any atom is 0.316 e. The number of benzene rings is 2. The molecule has 0 bridgehead atoms. The van der Waals surface area contributed by atoms with Crippen molar-refractivity contribution in [1.82, 2.24) is 30.7 Å². The quantitative estimate of drug-likeness (QED) is 0.296. The lowest BCUT2D eigenvalue weighted by Crippen LogP contribution is -2.70. The van der Waals surface area contributed by atoms with Crippen molar-refractivity contribution in [3.63, 3.8) is 0 Å². The largest absolute Gasteiger partial charge is 0.467 e. The second-order valence-electron chi connectivity index (χ2n) is 9.29. The summed E-state index contributed by atoms with van der Waals surface area (Å²) in [6.07, 6.45) is 2.47. The van der Waals surface area contributed by atoms with Crippen molar-refractivity contribution in [1.29, 1.82) is 0 Å². The smallest absolute Gasteiger partial charge is 0.316 e. The second-order valence-corrected chi connectivity index (χ2v) is 9.67. The van der Waals surface area contributed by atoms with Gasteiger partial charge in [-0.1, -0.05) is 47.1 Å². The number of aromatic nitrogens is 4. The van der Waals surface area contributed by atoms with Crippen LogP contribution in [0.3, 0.4) is 0 Å². The van der Waals surface area contributed by atoms with E-state index in [1.807, 2.05) is 0 Å². The molecule has 5 rings (SSSR count). The molecule has 0 aliphatic carbocycles. The molecule has 4 aromatic rings. The molecule has 0 saturated carbocycles. The monoisotopic (exact) mass is 584 g/mol. The average Bonchev–Trinajstić information content (AvgIpc) is 3.38. The van der Waals surface area contributed by atoms with E-state index in [1.165, 1.54) is 33.4 Å². The van der Waals surface area contributed by atoms with Crippen LogP contribution in [-0.2, 0) is 9.53 Å². The molecule has 212 valence electrons. The third-order valence-electron chi connectivity index (χ3n) is 6.51. The van der Waals surface area contributed by atoms with Crippen molar-refractivity contribution in [3.05, 3.63) is 76.4 Å². The summed E-state index contributed by atoms with van der Waals surface area (Å²) in [5.41, 5.74) is -1.69. The summed E-state index contributed by atoms with van der Waals surface area (Å²) in [6, 6.07) is 7.22. The minimum absolute atomic E-state index is 0.0307. The van der Waals surface area contributed by atoms with E-state index < -0.39 is 40.6 Å². The molecule has 0 spiro atoms. The van der Waals surface area contributed by atoms with Crippen LogP contribution in [0, 0.1) is 18.6 Å². The van der Waals surface area contributed by atoms with Gasteiger partial charge < -0.3 is 24.6 Å². The standard InChI is InChI=1S/C27H23ClF2N6O5/c1-13(33-25(38)27(11-40-12-27)35-24(37)16-9-31-26(39-3)32-10-16)17-21(29)19(23-34-14(2)41-36-23)18(20(28)22(17)30)15-7-5-4-6-8-15/h4-10,13H,11-12H2,1-3H3,(H,33,38)(H,35,37)/t13-/m1/s1. The molecule has 14 heteroatoms. The van der Waals surface area contributed by atoms with Gasteiger partial charge in [0.05, 0.1) is 42.5 Å². The van der Waals surface area contributed by atoms with Gasteiger partial charge in [0.2, 0.25) is 11.7 Å². The Morgan fingerprint density at radius 1 is 1.10 bits per heavy atom. The first kappa shape index (κ1) is 28.1. The SMILES string of the molecule is COc1ncc(C(=O)NC2(C(=O)N[C@H](C)c3c(F)c(Cl)c(-c4ccccc4)c(-c4noc(C)n4)c3F)COC2)cn1. The lowest BCUT2D eigenvalue weighted by atomic mass is 9.91. The molecule has 2 aromatic heterocycles. The molecule has 2 N–H and O–H groups in total. The average molecular weight is 585 g/mol. The predicted molar refractivity (Wildman–Crippen MR) is 141 cm³/mol. The fourth-order valence-corrected chi connectivity index (χ4v) is 4.65. The zero-order valence-corrected chi connectivity index (χ0v) is 22.8. The zero-order valence-electron chi connectivity index (χ0n) is 22.0. The summed E-state index contributed by atoms with van der Waals surface area (Å²) >= 11 is 6.50. The van der Waals surface area contributed by atoms with Crippen LogP contribution in [0.1, 0.15) is 34.8 Å². The minimum Gasteiger partial charge on any atom is -0.467 e. The molecule has 3 heterocycles. The van der Waals surface area contributed by atoms with E-state index in [4.69, 9.17) is 25.6 Å². The number of aryl methyl sites for hydroxylation is 1. The molecule has 0 unspecified atom stereocenters. The van der Waals surface area contributed by atoms with Crippen LogP contribution in [0.15, 0.2) is 47.2 Å². The van der Waals surface area contributed by atoms with Gasteiger partial charge in [0, 0.05) is 30.4 Å². The Balaban J connectivity index is 1.47. The van der Waals surface area contributed by atoms with Gasteiger partial charge >= 0.3 is 6.01 Å². The highest BCUT2D eigenvalue weighted by Crippen LogP contribution is 2.43. The van der Waals surface area contributed by atoms with Gasteiger partial charge in [-0.2, -0.15) is 4.98 Å². The molecular weight excluding hydrogens is 562 g/mol. The van der Waals surface area contributed by atoms with E-state index in [2.05, 4.69) is 30.7 Å². The van der Waals surface area contributed by atoms with Crippen molar-refractivity contribution in [3.8, 4) is 28.5 Å². The fraction of sp³-hybridized carbons (Fsp3) is 0.259. The number of rotatable bonds is 8. The van der Waals surface area contributed by atoms with Crippen molar-refractivity contribution in [2.24, 2.45) is 0 Å². The molecule has 1 saturated heterocycles. The maximum atomic E-state index is 16.3. The zero-order chi connectivity index (χ0) is 29.3. The molecule has 11 nitrogen and oxygen atoms in total. The number of nitrogens with one attached hydrogen (secondary N) is 2. The molecule has 1 atom stereocenters. The molecular formula is C27H23ClF2N6O5. The molecule has 41 heavy (non-hydrogen) atoms. The van der Waals surface area contributed by atoms with Crippen LogP contribution >= 0.6 is 11.6 Å². The van der Waals surface area contributed by atoms with Gasteiger partial charge in [0.15, 0.2) is 11.4 Å². The first-order chi connectivity index (χ1) is 19.6. The Labute approximate surface area is 237 Å². The number of methoxy groups -OCH3 is 1. The van der Waals surface area contributed by atoms with Gasteiger partial charge in [0.1, 0.15) is 5.82 Å². The van der Waals surface area contributed by atoms with Crippen molar-refractivity contribution < 1.29 is 32.4 Å². The topological polar surface area (TPSA) is 141 Å². The Kier molecular flexibility index (Phi) is 7.65. The fourth-order valence-electron chi connectivity index (χ4n) is 4.35. The van der Waals surface area contributed by atoms with Gasteiger partial charge in [-0.3, -0.25) is 9.59 Å². The van der Waals surface area contributed by atoms with Gasteiger partial charge in [-0.15, -0.1) is 0 Å². The highest BCUT2D eigenvalue weighted by molar-refractivity contribution is 6.34. The van der Waals surface area contributed by atoms with Crippen LogP contribution in [0.4, 0.5) is 8.78 Å². The van der Waals surface area contributed by atoms with Gasteiger partial charge in [-0.25, -0.2) is 18.7 Å². The third kappa shape index (κ3) is 5.21. The van der Waals surface area contributed by atoms with E-state index in [1.54, 1.807) is 30.3 Å². The Hall–Kier alpha value is -4.49. The Morgan fingerprint density at radius 3 is 2.34 bits per heavy atom. The normalized spacial score (nSPS) is 14.6. The van der Waals surface area contributed by atoms with E-state index in [0.29, 0.717) is 5.56 Å². The number of nitrogens with zero attached hydrogens (tertiary/aromatic N) is 4. The van der Waals surface area contributed by atoms with Crippen LogP contribution < -0.4 is 15.4 Å². The highest BCUT2D eigenvalue weighted by atomic mass is 35.5. The lowest BCUT2D eigenvalue weighted by molar-refractivity contribution is -0.147. The van der Waals surface area contributed by atoms with Crippen molar-refractivity contribution >= 4 is 23.4 Å². The molecule has 2 amide bonds. The number of carbonyl (C=O) groups excluding carboxylic acids is 2. The van der Waals surface area contributed by atoms with Gasteiger partial charge in [0.25, 0.3) is 11.8 Å². The van der Waals surface area contributed by atoms with E-state index in [9.17, 15) is 9.59 Å². The number of hydrogen-bond donors (Lipinski definition) is 2. The number of halogens is 3. The summed E-state index contributed by atoms with van der Waals surface area (Å²) in [5.74, 6) is -3.46. The number of carbonyl (C=O) groups is 2. The summed E-state index contributed by atoms with van der Waals surface area (Å²) in [7, 11) is 1.38. The number of hydrogen-bond acceptors (Lipinski definition) is 9. The summed E-state index contributed by atoms with van der Waals surface area (Å²) in [5, 5.41) is 8.62. The maximum absolute atomic E-state index is 16.3. The molecule has 1 aliphatic heterocycles. The molecule has 1 fully saturated rings. The van der Waals surface area contributed by atoms with E-state index >= 15 is 8.78 Å². The van der Waals surface area contributed by atoms with Gasteiger partial charge in [-0.05, 0) is 12.5 Å². The van der Waals surface area contributed by atoms with Crippen LogP contribution in [0.25, 0.3) is 22.5 Å². The third-order valence-corrected chi connectivity index (χ3v) is 6.86. The molecule has 1 aliphatic rings. The first-order valence-electron chi connectivity index (χ1n) is 12.3. The summed E-state index contributed by atoms with van der Waals surface area (Å²) in [6.45, 7) is 2.58. The van der Waals surface area contributed by atoms with E-state index in [-0.39, 0.29) is 52.7 Å². The summed E-state index contributed by atoms with van der Waals surface area (Å²) in [4.78, 5) is 38.1. The first-order valence-corrected chi connectivity index (χ1v) is 12.7. The second kappa shape index (κ2) is 11.2. The Morgan fingerprint density at radius 2 is 1.78 bits per heavy atom. The van der Waals surface area contributed by atoms with Crippen molar-refractivity contribution in [2.75, 3.05) is 20.3 Å². The van der Waals surface area contributed by atoms with E-state index in [0.717, 1.165) is 0 Å². The van der Waals surface area contributed by atoms with Crippen LogP contribution in [-0.4, -0.2) is 57.8 Å². The predicted octanol–water partition coefficient (Wildman–Crippen LogP) is 3.82. The molecule has 2 aromatic carbocycles. The summed E-state index contributed by atoms with van der Waals surface area (Å²) < 4.78 is 47.2. The minimum atomic E-state index is -1.50. The lowest BCUT2D eigenvalue weighted by Gasteiger charge is -2.41. The number of amides is 2. The number of ether oxygens (including phenoxy) is 2. The molecule has 0 radical (unpaired) electrons.